The molecule has 20 heavy (non-hydrogen) atoms. The van der Waals surface area contributed by atoms with E-state index in [-0.39, 0.29) is 24.0 Å². The number of benzene rings is 1. The molecule has 4 nitrogen and oxygen atoms in total. The molecular weight excluding hydrogens is 341 g/mol. The van der Waals surface area contributed by atoms with Gasteiger partial charge in [-0.3, -0.25) is 4.79 Å². The van der Waals surface area contributed by atoms with Gasteiger partial charge < -0.3 is 5.32 Å². The Morgan fingerprint density at radius 2 is 2.05 bits per heavy atom. The number of rotatable bonds is 7. The lowest BCUT2D eigenvalue weighted by molar-refractivity contribution is -0.118. The fraction of sp³-hybridized carbons (Fsp3) is 0.417. The van der Waals surface area contributed by atoms with Crippen molar-refractivity contribution < 1.29 is 13.2 Å². The molecule has 0 unspecified atom stereocenters. The summed E-state index contributed by atoms with van der Waals surface area (Å²) in [5.74, 6) is 0.605. The Hall–Kier alpha value is -0.430. The second-order valence-corrected chi connectivity index (χ2v) is 8.30. The Labute approximate surface area is 133 Å². The third kappa shape index (κ3) is 7.38. The molecule has 0 saturated heterocycles. The second kappa shape index (κ2) is 8.12. The molecule has 0 fully saturated rings. The Kier molecular flexibility index (Phi) is 7.15. The standard InChI is InChI=1S/C12H15Cl2NO3S2/c1-20(17,18)5-4-15-12(16)8-19-7-9-2-3-10(13)6-11(9)14/h2-3,6H,4-5,7-8H2,1H3,(H,15,16). The number of hydrogen-bond donors (Lipinski definition) is 1. The van der Waals surface area contributed by atoms with Crippen LogP contribution >= 0.6 is 35.0 Å². The van der Waals surface area contributed by atoms with Crippen molar-refractivity contribution in [3.63, 3.8) is 0 Å². The van der Waals surface area contributed by atoms with Gasteiger partial charge in [0.05, 0.1) is 11.5 Å². The minimum atomic E-state index is -3.04. The third-order valence-corrected chi connectivity index (χ3v) is 4.81. The summed E-state index contributed by atoms with van der Waals surface area (Å²) < 4.78 is 21.8. The van der Waals surface area contributed by atoms with Crippen LogP contribution in [0.25, 0.3) is 0 Å². The van der Waals surface area contributed by atoms with Gasteiger partial charge in [-0.25, -0.2) is 8.42 Å². The maximum atomic E-state index is 11.5. The predicted octanol–water partition coefficient (Wildman–Crippen LogP) is 2.39. The van der Waals surface area contributed by atoms with E-state index in [0.29, 0.717) is 15.8 Å². The molecule has 0 aromatic heterocycles. The van der Waals surface area contributed by atoms with Crippen LogP contribution in [0, 0.1) is 0 Å². The molecule has 1 aromatic rings. The van der Waals surface area contributed by atoms with Gasteiger partial charge in [0.1, 0.15) is 9.84 Å². The van der Waals surface area contributed by atoms with Crippen LogP contribution in [0.15, 0.2) is 18.2 Å². The van der Waals surface area contributed by atoms with Gasteiger partial charge in [-0.2, -0.15) is 0 Å². The molecule has 0 aliphatic heterocycles. The fourth-order valence-corrected chi connectivity index (χ4v) is 3.21. The molecule has 1 amide bonds. The second-order valence-electron chi connectivity index (χ2n) is 4.21. The van der Waals surface area contributed by atoms with Gasteiger partial charge >= 0.3 is 0 Å². The lowest BCUT2D eigenvalue weighted by atomic mass is 10.2. The van der Waals surface area contributed by atoms with Gasteiger partial charge in [-0.1, -0.05) is 29.3 Å². The molecule has 0 spiro atoms. The van der Waals surface area contributed by atoms with Crippen molar-refractivity contribution in [1.82, 2.24) is 5.32 Å². The van der Waals surface area contributed by atoms with Crippen molar-refractivity contribution in [2.45, 2.75) is 5.75 Å². The zero-order chi connectivity index (χ0) is 15.2. The van der Waals surface area contributed by atoms with E-state index in [9.17, 15) is 13.2 Å². The molecule has 0 saturated carbocycles. The summed E-state index contributed by atoms with van der Waals surface area (Å²) >= 11 is 13.2. The van der Waals surface area contributed by atoms with Crippen molar-refractivity contribution in [1.29, 1.82) is 0 Å². The highest BCUT2D eigenvalue weighted by Crippen LogP contribution is 2.24. The first-order chi connectivity index (χ1) is 9.28. The van der Waals surface area contributed by atoms with Crippen LogP contribution in [0.2, 0.25) is 10.0 Å². The van der Waals surface area contributed by atoms with Crippen molar-refractivity contribution in [2.75, 3.05) is 24.3 Å². The first kappa shape index (κ1) is 17.6. The zero-order valence-electron chi connectivity index (χ0n) is 10.9. The van der Waals surface area contributed by atoms with Crippen LogP contribution in [-0.4, -0.2) is 38.6 Å². The molecular formula is C12H15Cl2NO3S2. The zero-order valence-corrected chi connectivity index (χ0v) is 14.0. The predicted molar refractivity (Wildman–Crippen MR) is 85.3 cm³/mol. The number of sulfone groups is 1. The minimum absolute atomic E-state index is 0.0492. The average Bonchev–Trinajstić information content (AvgIpc) is 2.30. The molecule has 0 heterocycles. The maximum Gasteiger partial charge on any atom is 0.230 e. The Balaban J connectivity index is 2.28. The van der Waals surface area contributed by atoms with Crippen LogP contribution in [-0.2, 0) is 20.4 Å². The van der Waals surface area contributed by atoms with Gasteiger partial charge in [0.25, 0.3) is 0 Å². The van der Waals surface area contributed by atoms with Crippen molar-refractivity contribution >= 4 is 50.7 Å². The smallest absolute Gasteiger partial charge is 0.230 e. The van der Waals surface area contributed by atoms with Crippen molar-refractivity contribution in [3.8, 4) is 0 Å². The fourth-order valence-electron chi connectivity index (χ4n) is 1.32. The number of halogens is 2. The SMILES string of the molecule is CS(=O)(=O)CCNC(=O)CSCc1ccc(Cl)cc1Cl. The van der Waals surface area contributed by atoms with Gasteiger partial charge in [0, 0.05) is 28.6 Å². The molecule has 0 aliphatic rings. The van der Waals surface area contributed by atoms with E-state index in [1.165, 1.54) is 11.8 Å². The highest BCUT2D eigenvalue weighted by Gasteiger charge is 2.06. The van der Waals surface area contributed by atoms with E-state index < -0.39 is 9.84 Å². The van der Waals surface area contributed by atoms with Gasteiger partial charge in [-0.15, -0.1) is 11.8 Å². The molecule has 0 radical (unpaired) electrons. The minimum Gasteiger partial charge on any atom is -0.354 e. The molecule has 1 aromatic carbocycles. The number of thioether (sulfide) groups is 1. The van der Waals surface area contributed by atoms with Crippen LogP contribution in [0.5, 0.6) is 0 Å². The summed E-state index contributed by atoms with van der Waals surface area (Å²) in [6, 6.07) is 5.22. The maximum absolute atomic E-state index is 11.5. The Morgan fingerprint density at radius 1 is 1.35 bits per heavy atom. The van der Waals surface area contributed by atoms with Gasteiger partial charge in [0.2, 0.25) is 5.91 Å². The van der Waals surface area contributed by atoms with Crippen LogP contribution < -0.4 is 5.32 Å². The number of hydrogen-bond acceptors (Lipinski definition) is 4. The van der Waals surface area contributed by atoms with Crippen molar-refractivity contribution in [3.05, 3.63) is 33.8 Å². The number of amides is 1. The van der Waals surface area contributed by atoms with Crippen LogP contribution in [0.1, 0.15) is 5.56 Å². The summed E-state index contributed by atoms with van der Waals surface area (Å²) in [5, 5.41) is 3.70. The summed E-state index contributed by atoms with van der Waals surface area (Å²) in [4.78, 5) is 11.5. The van der Waals surface area contributed by atoms with E-state index in [1.807, 2.05) is 6.07 Å². The van der Waals surface area contributed by atoms with Gasteiger partial charge in [0.15, 0.2) is 0 Å². The van der Waals surface area contributed by atoms with E-state index in [0.717, 1.165) is 11.8 Å². The third-order valence-electron chi connectivity index (χ3n) is 2.30. The highest BCUT2D eigenvalue weighted by molar-refractivity contribution is 7.99. The van der Waals surface area contributed by atoms with Gasteiger partial charge in [-0.05, 0) is 17.7 Å². The van der Waals surface area contributed by atoms with Crippen LogP contribution in [0.3, 0.4) is 0 Å². The molecule has 0 aliphatic carbocycles. The average molecular weight is 356 g/mol. The highest BCUT2D eigenvalue weighted by atomic mass is 35.5. The van der Waals surface area contributed by atoms with E-state index in [4.69, 9.17) is 23.2 Å². The van der Waals surface area contributed by atoms with E-state index in [1.54, 1.807) is 12.1 Å². The van der Waals surface area contributed by atoms with Crippen LogP contribution in [0.4, 0.5) is 0 Å². The quantitative estimate of drug-likeness (QED) is 0.815. The van der Waals surface area contributed by atoms with E-state index in [2.05, 4.69) is 5.32 Å². The summed E-state index contributed by atoms with van der Waals surface area (Å²) in [7, 11) is -3.04. The number of nitrogens with one attached hydrogen (secondary N) is 1. The lowest BCUT2D eigenvalue weighted by Gasteiger charge is -2.06. The Bertz CT molecular complexity index is 576. The first-order valence-corrected chi connectivity index (χ1v) is 9.71. The molecule has 1 rings (SSSR count). The largest absolute Gasteiger partial charge is 0.354 e. The number of carbonyl (C=O) groups is 1. The lowest BCUT2D eigenvalue weighted by Crippen LogP contribution is -2.30. The summed E-state index contributed by atoms with van der Waals surface area (Å²) in [6.07, 6.45) is 1.14. The monoisotopic (exact) mass is 355 g/mol. The molecule has 0 atom stereocenters. The molecule has 0 bridgehead atoms. The van der Waals surface area contributed by atoms with Crippen molar-refractivity contribution in [2.24, 2.45) is 0 Å². The molecule has 1 N–H and O–H groups in total. The van der Waals surface area contributed by atoms with E-state index >= 15 is 0 Å². The molecule has 8 heteroatoms. The first-order valence-electron chi connectivity index (χ1n) is 5.74. The molecule has 112 valence electrons. The summed E-state index contributed by atoms with van der Waals surface area (Å²) in [6.45, 7) is 0.139. The Morgan fingerprint density at radius 3 is 2.65 bits per heavy atom. The summed E-state index contributed by atoms with van der Waals surface area (Å²) in [5.41, 5.74) is 0.907. The number of carbonyl (C=O) groups excluding carboxylic acids is 1. The topological polar surface area (TPSA) is 63.2 Å². The normalized spacial score (nSPS) is 11.3.